The smallest absolute Gasteiger partial charge is 0.235 e. The molecule has 3 unspecified atom stereocenters. The Morgan fingerprint density at radius 2 is 1.95 bits per heavy atom. The molecule has 0 aromatic rings. The number of nitrogens with zero attached hydrogens (tertiary/aromatic N) is 1. The van der Waals surface area contributed by atoms with E-state index in [1.54, 1.807) is 14.1 Å². The molecule has 2 aliphatic carbocycles. The molecule has 0 aromatic carbocycles. The third-order valence-corrected chi connectivity index (χ3v) is 4.32. The van der Waals surface area contributed by atoms with Crippen molar-refractivity contribution in [3.8, 4) is 0 Å². The Balaban J connectivity index is 2.57. The van der Waals surface area contributed by atoms with Crippen molar-refractivity contribution in [1.29, 1.82) is 0 Å². The van der Waals surface area contributed by atoms with Gasteiger partial charge in [0.15, 0.2) is 28.9 Å². The molecule has 0 heterocycles. The summed E-state index contributed by atoms with van der Waals surface area (Å²) in [5.41, 5.74) is 2.85. The van der Waals surface area contributed by atoms with E-state index >= 15 is 0 Å². The standard InChI is InChI=1S/C13H18N2O5/c1-15(2)9-6-4-3-5-7(16)13(6,20)11(18)8(10(9)17)12(14)19/h6,8-9,20H,3-5H2,1-2H3,(H2,14,19)/t6?,8?,9?,13-/m0/s1. The van der Waals surface area contributed by atoms with Gasteiger partial charge in [-0.2, -0.15) is 0 Å². The number of fused-ring (bicyclic) bond motifs is 1. The summed E-state index contributed by atoms with van der Waals surface area (Å²) in [5.74, 6) is -5.97. The van der Waals surface area contributed by atoms with Crippen molar-refractivity contribution >= 4 is 23.3 Å². The third-order valence-electron chi connectivity index (χ3n) is 4.32. The number of ketones is 3. The number of primary amides is 1. The number of Topliss-reactive ketones (excluding diaryl/α,β-unsaturated/α-hetero) is 3. The minimum Gasteiger partial charge on any atom is -0.374 e. The number of nitrogens with two attached hydrogens (primary N) is 1. The maximum absolute atomic E-state index is 12.3. The molecular weight excluding hydrogens is 264 g/mol. The number of hydrogen-bond donors (Lipinski definition) is 2. The van der Waals surface area contributed by atoms with Gasteiger partial charge in [0.05, 0.1) is 6.04 Å². The van der Waals surface area contributed by atoms with E-state index in [4.69, 9.17) is 5.73 Å². The van der Waals surface area contributed by atoms with Crippen LogP contribution in [0.5, 0.6) is 0 Å². The first-order valence-electron chi connectivity index (χ1n) is 6.52. The van der Waals surface area contributed by atoms with Crippen LogP contribution in [0.2, 0.25) is 0 Å². The highest BCUT2D eigenvalue weighted by molar-refractivity contribution is 6.29. The number of hydrogen-bond acceptors (Lipinski definition) is 6. The fourth-order valence-corrected chi connectivity index (χ4v) is 3.40. The quantitative estimate of drug-likeness (QED) is 0.581. The SMILES string of the molecule is CN(C)C1C(=O)C(C(N)=O)C(=O)[C@@]2(O)C(=O)CCCC12. The van der Waals surface area contributed by atoms with Crippen LogP contribution in [-0.2, 0) is 19.2 Å². The first-order chi connectivity index (χ1) is 9.22. The second kappa shape index (κ2) is 4.75. The second-order valence-electron chi connectivity index (χ2n) is 5.70. The molecule has 2 rings (SSSR count). The lowest BCUT2D eigenvalue weighted by Crippen LogP contribution is -2.71. The number of aliphatic hydroxyl groups is 1. The Kier molecular flexibility index (Phi) is 3.51. The van der Waals surface area contributed by atoms with Gasteiger partial charge in [-0.1, -0.05) is 0 Å². The van der Waals surface area contributed by atoms with Crippen LogP contribution in [0.25, 0.3) is 0 Å². The van der Waals surface area contributed by atoms with Crippen LogP contribution in [-0.4, -0.2) is 59.0 Å². The van der Waals surface area contributed by atoms with Crippen LogP contribution in [0.15, 0.2) is 0 Å². The van der Waals surface area contributed by atoms with Crippen LogP contribution in [0, 0.1) is 11.8 Å². The van der Waals surface area contributed by atoms with E-state index in [0.717, 1.165) is 0 Å². The normalized spacial score (nSPS) is 38.0. The molecular formula is C13H18N2O5. The molecule has 110 valence electrons. The number of carbonyl (C=O) groups is 4. The van der Waals surface area contributed by atoms with Crippen LogP contribution < -0.4 is 5.73 Å². The molecule has 1 amide bonds. The van der Waals surface area contributed by atoms with Gasteiger partial charge in [0.25, 0.3) is 0 Å². The van der Waals surface area contributed by atoms with Crippen LogP contribution in [0.1, 0.15) is 19.3 Å². The predicted molar refractivity (Wildman–Crippen MR) is 67.5 cm³/mol. The first kappa shape index (κ1) is 14.8. The van der Waals surface area contributed by atoms with Gasteiger partial charge in [0, 0.05) is 12.3 Å². The lowest BCUT2D eigenvalue weighted by atomic mass is 9.59. The Labute approximate surface area is 116 Å². The summed E-state index contributed by atoms with van der Waals surface area (Å²) in [5, 5.41) is 10.6. The van der Waals surface area contributed by atoms with Crippen molar-refractivity contribution in [1.82, 2.24) is 4.90 Å². The highest BCUT2D eigenvalue weighted by Crippen LogP contribution is 2.42. The maximum atomic E-state index is 12.3. The van der Waals surface area contributed by atoms with Crippen molar-refractivity contribution < 1.29 is 24.3 Å². The Morgan fingerprint density at radius 3 is 2.45 bits per heavy atom. The average Bonchev–Trinajstić information content (AvgIpc) is 2.32. The molecule has 4 atom stereocenters. The summed E-state index contributed by atoms with van der Waals surface area (Å²) in [4.78, 5) is 49.6. The summed E-state index contributed by atoms with van der Waals surface area (Å²) in [7, 11) is 3.21. The zero-order valence-electron chi connectivity index (χ0n) is 11.5. The van der Waals surface area contributed by atoms with Crippen LogP contribution in [0.3, 0.4) is 0 Å². The molecule has 3 N–H and O–H groups in total. The Bertz CT molecular complexity index is 501. The number of amides is 1. The Hall–Kier alpha value is -1.60. The van der Waals surface area contributed by atoms with Gasteiger partial charge >= 0.3 is 0 Å². The first-order valence-corrected chi connectivity index (χ1v) is 6.52. The zero-order chi connectivity index (χ0) is 15.2. The number of carbonyl (C=O) groups excluding carboxylic acids is 4. The fourth-order valence-electron chi connectivity index (χ4n) is 3.40. The van der Waals surface area contributed by atoms with Crippen molar-refractivity contribution in [3.63, 3.8) is 0 Å². The third kappa shape index (κ3) is 1.81. The van der Waals surface area contributed by atoms with E-state index in [-0.39, 0.29) is 6.42 Å². The van der Waals surface area contributed by atoms with Crippen molar-refractivity contribution in [2.75, 3.05) is 14.1 Å². The van der Waals surface area contributed by atoms with E-state index in [1.165, 1.54) is 4.90 Å². The lowest BCUT2D eigenvalue weighted by Gasteiger charge is -2.47. The molecule has 0 aromatic heterocycles. The highest BCUT2D eigenvalue weighted by atomic mass is 16.3. The van der Waals surface area contributed by atoms with E-state index in [9.17, 15) is 24.3 Å². The average molecular weight is 282 g/mol. The molecule has 0 spiro atoms. The molecule has 2 aliphatic rings. The van der Waals surface area contributed by atoms with Crippen molar-refractivity contribution in [3.05, 3.63) is 0 Å². The number of rotatable bonds is 2. The topological polar surface area (TPSA) is 118 Å². The van der Waals surface area contributed by atoms with Gasteiger partial charge in [0.1, 0.15) is 0 Å². The number of likely N-dealkylation sites (N-methyl/N-ethyl adjacent to an activating group) is 1. The predicted octanol–water partition coefficient (Wildman–Crippen LogP) is -1.73. The summed E-state index contributed by atoms with van der Waals surface area (Å²) >= 11 is 0. The van der Waals surface area contributed by atoms with Crippen LogP contribution in [0.4, 0.5) is 0 Å². The summed E-state index contributed by atoms with van der Waals surface area (Å²) in [6.45, 7) is 0. The summed E-state index contributed by atoms with van der Waals surface area (Å²) in [6.07, 6.45) is 0.963. The molecule has 2 saturated carbocycles. The van der Waals surface area contributed by atoms with Gasteiger partial charge in [-0.3, -0.25) is 24.1 Å². The van der Waals surface area contributed by atoms with E-state index < -0.39 is 46.7 Å². The molecule has 7 heteroatoms. The molecule has 2 fully saturated rings. The van der Waals surface area contributed by atoms with Gasteiger partial charge in [-0.15, -0.1) is 0 Å². The van der Waals surface area contributed by atoms with Gasteiger partial charge in [0.2, 0.25) is 5.91 Å². The summed E-state index contributed by atoms with van der Waals surface area (Å²) < 4.78 is 0. The lowest BCUT2D eigenvalue weighted by molar-refractivity contribution is -0.176. The van der Waals surface area contributed by atoms with Gasteiger partial charge < -0.3 is 10.8 Å². The molecule has 0 bridgehead atoms. The molecule has 0 saturated heterocycles. The zero-order valence-corrected chi connectivity index (χ0v) is 11.5. The minimum absolute atomic E-state index is 0.0680. The van der Waals surface area contributed by atoms with Crippen LogP contribution >= 0.6 is 0 Å². The highest BCUT2D eigenvalue weighted by Gasteiger charge is 2.64. The molecule has 7 nitrogen and oxygen atoms in total. The summed E-state index contributed by atoms with van der Waals surface area (Å²) in [6, 6.07) is -0.862. The van der Waals surface area contributed by atoms with E-state index in [1.807, 2.05) is 0 Å². The Morgan fingerprint density at radius 1 is 1.35 bits per heavy atom. The van der Waals surface area contributed by atoms with Crippen molar-refractivity contribution in [2.24, 2.45) is 17.6 Å². The van der Waals surface area contributed by atoms with Gasteiger partial charge in [-0.25, -0.2) is 0 Å². The monoisotopic (exact) mass is 282 g/mol. The maximum Gasteiger partial charge on any atom is 0.235 e. The molecule has 0 aliphatic heterocycles. The molecule has 20 heavy (non-hydrogen) atoms. The largest absolute Gasteiger partial charge is 0.374 e. The second-order valence-corrected chi connectivity index (χ2v) is 5.70. The molecule has 0 radical (unpaired) electrons. The van der Waals surface area contributed by atoms with E-state index in [2.05, 4.69) is 0 Å². The van der Waals surface area contributed by atoms with Crippen molar-refractivity contribution in [2.45, 2.75) is 30.9 Å². The minimum atomic E-state index is -2.26. The fraction of sp³-hybridized carbons (Fsp3) is 0.692. The van der Waals surface area contributed by atoms with Gasteiger partial charge in [-0.05, 0) is 26.9 Å². The van der Waals surface area contributed by atoms with E-state index in [0.29, 0.717) is 12.8 Å².